The molecule has 1 aliphatic heterocycles. The Balaban J connectivity index is 2.37. The van der Waals surface area contributed by atoms with E-state index < -0.39 is 0 Å². The maximum Gasteiger partial charge on any atom is 0.414 e. The summed E-state index contributed by atoms with van der Waals surface area (Å²) in [6.07, 6.45) is 2.66. The summed E-state index contributed by atoms with van der Waals surface area (Å²) >= 11 is 6.20. The normalized spacial score (nSPS) is 15.1. The van der Waals surface area contributed by atoms with Crippen LogP contribution in [0.4, 0.5) is 10.5 Å². The Morgan fingerprint density at radius 3 is 2.79 bits per heavy atom. The first-order valence-electron chi connectivity index (χ1n) is 6.76. The van der Waals surface area contributed by atoms with Crippen LogP contribution in [0.5, 0.6) is 0 Å². The number of hydrogen-bond donors (Lipinski definition) is 0. The number of aryl methyl sites for hydroxylation is 2. The quantitative estimate of drug-likeness (QED) is 0.766. The molecule has 0 N–H and O–H groups in total. The highest BCUT2D eigenvalue weighted by atomic mass is 35.5. The van der Waals surface area contributed by atoms with Crippen molar-refractivity contribution >= 4 is 23.4 Å². The number of fused-ring (bicyclic) bond motifs is 1. The number of amides is 1. The summed E-state index contributed by atoms with van der Waals surface area (Å²) in [4.78, 5) is 13.9. The van der Waals surface area contributed by atoms with Gasteiger partial charge in [0.2, 0.25) is 0 Å². The number of carbonyl (C=O) groups excluding carboxylic acids is 1. The minimum Gasteiger partial charge on any atom is -0.446 e. The van der Waals surface area contributed by atoms with E-state index in [0.29, 0.717) is 11.6 Å². The number of ether oxygens (including phenoxy) is 1. The fraction of sp³-hybridized carbons (Fsp3) is 0.533. The van der Waals surface area contributed by atoms with Crippen molar-refractivity contribution in [3.63, 3.8) is 0 Å². The van der Waals surface area contributed by atoms with E-state index >= 15 is 0 Å². The zero-order valence-corrected chi connectivity index (χ0v) is 12.5. The average Bonchev–Trinajstić information content (AvgIpc) is 2.51. The van der Waals surface area contributed by atoms with Gasteiger partial charge in [0.1, 0.15) is 0 Å². The lowest BCUT2D eigenvalue weighted by Gasteiger charge is -2.24. The van der Waals surface area contributed by atoms with Crippen LogP contribution in [-0.2, 0) is 11.2 Å². The van der Waals surface area contributed by atoms with Gasteiger partial charge in [-0.2, -0.15) is 0 Å². The summed E-state index contributed by atoms with van der Waals surface area (Å²) in [5.41, 5.74) is 3.14. The van der Waals surface area contributed by atoms with Crippen molar-refractivity contribution in [3.8, 4) is 0 Å². The summed E-state index contributed by atoms with van der Waals surface area (Å²) in [5.74, 6) is 0. The molecule has 3 nitrogen and oxygen atoms in total. The third-order valence-corrected chi connectivity index (χ3v) is 3.69. The zero-order chi connectivity index (χ0) is 14.0. The van der Waals surface area contributed by atoms with Gasteiger partial charge in [-0.25, -0.2) is 4.79 Å². The van der Waals surface area contributed by atoms with Gasteiger partial charge in [-0.05, 0) is 57.2 Å². The molecular formula is C15H20ClNO2. The van der Waals surface area contributed by atoms with Crippen molar-refractivity contribution in [3.05, 3.63) is 28.3 Å². The van der Waals surface area contributed by atoms with Crippen molar-refractivity contribution in [1.29, 1.82) is 0 Å². The van der Waals surface area contributed by atoms with Crippen molar-refractivity contribution in [2.24, 2.45) is 0 Å². The first-order chi connectivity index (χ1) is 8.99. The van der Waals surface area contributed by atoms with Crippen molar-refractivity contribution in [1.82, 2.24) is 0 Å². The lowest BCUT2D eigenvalue weighted by molar-refractivity contribution is 0.122. The predicted octanol–water partition coefficient (Wildman–Crippen LogP) is 4.34. The van der Waals surface area contributed by atoms with Gasteiger partial charge in [0.25, 0.3) is 0 Å². The van der Waals surface area contributed by atoms with Gasteiger partial charge in [-0.1, -0.05) is 17.7 Å². The maximum atomic E-state index is 12.2. The van der Waals surface area contributed by atoms with E-state index in [1.54, 1.807) is 4.90 Å². The Labute approximate surface area is 119 Å². The largest absolute Gasteiger partial charge is 0.446 e. The molecule has 1 aliphatic rings. The van der Waals surface area contributed by atoms with Crippen LogP contribution in [0, 0.1) is 6.92 Å². The molecule has 0 bridgehead atoms. The Kier molecular flexibility index (Phi) is 4.35. The van der Waals surface area contributed by atoms with Crippen molar-refractivity contribution in [2.45, 2.75) is 46.1 Å². The lowest BCUT2D eigenvalue weighted by atomic mass is 10.0. The van der Waals surface area contributed by atoms with Gasteiger partial charge < -0.3 is 4.74 Å². The Hall–Kier alpha value is -1.22. The molecule has 1 amide bonds. The Morgan fingerprint density at radius 2 is 2.11 bits per heavy atom. The molecule has 19 heavy (non-hydrogen) atoms. The van der Waals surface area contributed by atoms with Crippen LogP contribution in [0.15, 0.2) is 12.1 Å². The number of benzene rings is 1. The summed E-state index contributed by atoms with van der Waals surface area (Å²) in [7, 11) is 0. The highest BCUT2D eigenvalue weighted by Crippen LogP contribution is 2.32. The number of anilines is 1. The van der Waals surface area contributed by atoms with Crippen molar-refractivity contribution < 1.29 is 9.53 Å². The summed E-state index contributed by atoms with van der Waals surface area (Å²) < 4.78 is 5.32. The molecule has 0 saturated heterocycles. The second-order valence-corrected chi connectivity index (χ2v) is 5.68. The fourth-order valence-corrected chi connectivity index (χ4v) is 2.50. The monoisotopic (exact) mass is 281 g/mol. The average molecular weight is 282 g/mol. The van der Waals surface area contributed by atoms with Crippen molar-refractivity contribution in [2.75, 3.05) is 11.4 Å². The topological polar surface area (TPSA) is 29.5 Å². The van der Waals surface area contributed by atoms with Crippen LogP contribution in [0.1, 0.15) is 37.8 Å². The van der Waals surface area contributed by atoms with E-state index in [2.05, 4.69) is 6.07 Å². The van der Waals surface area contributed by atoms with E-state index in [0.717, 1.165) is 30.5 Å². The molecule has 0 radical (unpaired) electrons. The minimum absolute atomic E-state index is 0.111. The van der Waals surface area contributed by atoms with E-state index in [1.165, 1.54) is 5.56 Å². The molecule has 0 aliphatic carbocycles. The van der Waals surface area contributed by atoms with Crippen LogP contribution in [0.2, 0.25) is 5.02 Å². The van der Waals surface area contributed by atoms with E-state index in [4.69, 9.17) is 16.3 Å². The van der Waals surface area contributed by atoms with E-state index in [-0.39, 0.29) is 12.2 Å². The van der Waals surface area contributed by atoms with E-state index in [1.807, 2.05) is 26.8 Å². The molecule has 104 valence electrons. The number of rotatable bonds is 1. The van der Waals surface area contributed by atoms with Crippen LogP contribution >= 0.6 is 11.6 Å². The zero-order valence-electron chi connectivity index (χ0n) is 11.7. The number of nitrogens with zero attached hydrogens (tertiary/aromatic N) is 1. The number of halogens is 1. The first kappa shape index (κ1) is 14.2. The number of hydrogen-bond acceptors (Lipinski definition) is 2. The molecular weight excluding hydrogens is 262 g/mol. The molecule has 1 aromatic carbocycles. The minimum atomic E-state index is -0.280. The summed E-state index contributed by atoms with van der Waals surface area (Å²) in [5, 5.41) is 0.697. The van der Waals surface area contributed by atoms with E-state index in [9.17, 15) is 4.79 Å². The third kappa shape index (κ3) is 3.21. The fourth-order valence-electron chi connectivity index (χ4n) is 2.34. The maximum absolute atomic E-state index is 12.2. The molecule has 0 fully saturated rings. The number of carbonyl (C=O) groups is 1. The molecule has 1 heterocycles. The second kappa shape index (κ2) is 5.83. The molecule has 4 heteroatoms. The van der Waals surface area contributed by atoms with Crippen LogP contribution < -0.4 is 4.90 Å². The van der Waals surface area contributed by atoms with Gasteiger partial charge in [-0.3, -0.25) is 4.90 Å². The SMILES string of the molecule is Cc1cc2c(cc1Cl)N(C(=O)OC(C)C)CCCC2. The molecule has 1 aromatic rings. The van der Waals surface area contributed by atoms with Crippen LogP contribution in [-0.4, -0.2) is 18.7 Å². The van der Waals surface area contributed by atoms with Crippen LogP contribution in [0.25, 0.3) is 0 Å². The smallest absolute Gasteiger partial charge is 0.414 e. The highest BCUT2D eigenvalue weighted by molar-refractivity contribution is 6.31. The van der Waals surface area contributed by atoms with Gasteiger partial charge >= 0.3 is 6.09 Å². The molecule has 2 rings (SSSR count). The predicted molar refractivity (Wildman–Crippen MR) is 78.1 cm³/mol. The van der Waals surface area contributed by atoms with Gasteiger partial charge in [0.15, 0.2) is 0 Å². The molecule has 0 aromatic heterocycles. The second-order valence-electron chi connectivity index (χ2n) is 5.27. The van der Waals surface area contributed by atoms with Gasteiger partial charge in [-0.15, -0.1) is 0 Å². The Morgan fingerprint density at radius 1 is 1.37 bits per heavy atom. The highest BCUT2D eigenvalue weighted by Gasteiger charge is 2.23. The molecule has 0 saturated carbocycles. The summed E-state index contributed by atoms with van der Waals surface area (Å²) in [6.45, 7) is 6.40. The molecule has 0 atom stereocenters. The molecule has 0 unspecified atom stereocenters. The van der Waals surface area contributed by atoms with Crippen LogP contribution in [0.3, 0.4) is 0 Å². The standard InChI is InChI=1S/C15H20ClNO2/c1-10(2)19-15(18)17-7-5-4-6-12-8-11(3)13(16)9-14(12)17/h8-10H,4-7H2,1-3H3. The first-order valence-corrected chi connectivity index (χ1v) is 7.14. The van der Waals surface area contributed by atoms with Gasteiger partial charge in [0, 0.05) is 11.6 Å². The molecule has 0 spiro atoms. The third-order valence-electron chi connectivity index (χ3n) is 3.29. The summed E-state index contributed by atoms with van der Waals surface area (Å²) in [6, 6.07) is 3.97. The Bertz CT molecular complexity index is 485. The van der Waals surface area contributed by atoms with Gasteiger partial charge in [0.05, 0.1) is 11.8 Å². The lowest BCUT2D eigenvalue weighted by Crippen LogP contribution is -2.34.